The van der Waals surface area contributed by atoms with Crippen LogP contribution in [0.3, 0.4) is 0 Å². The lowest BCUT2D eigenvalue weighted by Gasteiger charge is -2.15. The van der Waals surface area contributed by atoms with E-state index in [0.717, 1.165) is 12.0 Å². The Labute approximate surface area is 71.6 Å². The molecule has 0 aromatic heterocycles. The van der Waals surface area contributed by atoms with Crippen molar-refractivity contribution in [3.8, 4) is 0 Å². The van der Waals surface area contributed by atoms with Crippen molar-refractivity contribution in [3.05, 3.63) is 0 Å². The van der Waals surface area contributed by atoms with Crippen molar-refractivity contribution in [3.63, 3.8) is 0 Å². The molecule has 1 nitrogen and oxygen atoms in total. The fourth-order valence-electron chi connectivity index (χ4n) is 1.84. The standard InChI is InChI=1S/C8H17N.C2H6/c1-5-8(6(2)3)7(4)9-8;1-2/h6-7,9H,5H2,1-4H3;1-2H3. The van der Waals surface area contributed by atoms with Gasteiger partial charge in [0.05, 0.1) is 0 Å². The SMILES string of the molecule is CC.CCC1(C(C)C)NC1C. The summed E-state index contributed by atoms with van der Waals surface area (Å²) < 4.78 is 0. The zero-order valence-corrected chi connectivity index (χ0v) is 8.86. The Morgan fingerprint density at radius 3 is 1.73 bits per heavy atom. The summed E-state index contributed by atoms with van der Waals surface area (Å²) in [5, 5.41) is 3.49. The maximum atomic E-state index is 3.49. The summed E-state index contributed by atoms with van der Waals surface area (Å²) in [6.45, 7) is 13.1. The molecule has 0 spiro atoms. The van der Waals surface area contributed by atoms with E-state index in [9.17, 15) is 0 Å². The van der Waals surface area contributed by atoms with Crippen LogP contribution in [-0.2, 0) is 0 Å². The largest absolute Gasteiger partial charge is 0.305 e. The van der Waals surface area contributed by atoms with Gasteiger partial charge in [0, 0.05) is 11.6 Å². The van der Waals surface area contributed by atoms with Gasteiger partial charge in [0.25, 0.3) is 0 Å². The first-order valence-corrected chi connectivity index (χ1v) is 4.91. The topological polar surface area (TPSA) is 21.9 Å². The minimum atomic E-state index is 0.500. The fraction of sp³-hybridized carbons (Fsp3) is 1.00. The highest BCUT2D eigenvalue weighted by Gasteiger charge is 2.50. The lowest BCUT2D eigenvalue weighted by atomic mass is 9.90. The molecule has 2 atom stereocenters. The van der Waals surface area contributed by atoms with E-state index in [0.29, 0.717) is 5.54 Å². The van der Waals surface area contributed by atoms with Gasteiger partial charge in [-0.15, -0.1) is 0 Å². The van der Waals surface area contributed by atoms with Gasteiger partial charge in [0.15, 0.2) is 0 Å². The smallest absolute Gasteiger partial charge is 0.0356 e. The molecule has 68 valence electrons. The molecular weight excluding hydrogens is 134 g/mol. The molecule has 0 amide bonds. The average Bonchev–Trinajstić information content (AvgIpc) is 2.67. The van der Waals surface area contributed by atoms with E-state index < -0.39 is 0 Å². The maximum Gasteiger partial charge on any atom is 0.0356 e. The lowest BCUT2D eigenvalue weighted by molar-refractivity contribution is 0.428. The Morgan fingerprint density at radius 1 is 1.36 bits per heavy atom. The van der Waals surface area contributed by atoms with Gasteiger partial charge in [0.2, 0.25) is 0 Å². The Balaban J connectivity index is 0.000000461. The molecule has 0 aliphatic carbocycles. The van der Waals surface area contributed by atoms with Crippen molar-refractivity contribution in [1.29, 1.82) is 0 Å². The third-order valence-electron chi connectivity index (χ3n) is 2.79. The maximum absolute atomic E-state index is 3.49. The highest BCUT2D eigenvalue weighted by molar-refractivity contribution is 5.12. The normalized spacial score (nSPS) is 34.6. The predicted octanol–water partition coefficient (Wildman–Crippen LogP) is 2.81. The minimum absolute atomic E-state index is 0.500. The van der Waals surface area contributed by atoms with E-state index in [4.69, 9.17) is 0 Å². The van der Waals surface area contributed by atoms with Crippen LogP contribution < -0.4 is 5.32 Å². The fourth-order valence-corrected chi connectivity index (χ4v) is 1.84. The summed E-state index contributed by atoms with van der Waals surface area (Å²) in [4.78, 5) is 0. The molecule has 0 saturated carbocycles. The van der Waals surface area contributed by atoms with Gasteiger partial charge in [0.1, 0.15) is 0 Å². The van der Waals surface area contributed by atoms with Crippen LogP contribution in [0.1, 0.15) is 48.0 Å². The molecule has 0 radical (unpaired) electrons. The molecule has 0 aromatic carbocycles. The molecule has 1 N–H and O–H groups in total. The van der Waals surface area contributed by atoms with Gasteiger partial charge in [-0.05, 0) is 19.3 Å². The third-order valence-corrected chi connectivity index (χ3v) is 2.79. The van der Waals surface area contributed by atoms with E-state index >= 15 is 0 Å². The molecule has 1 rings (SSSR count). The first-order valence-electron chi connectivity index (χ1n) is 4.91. The van der Waals surface area contributed by atoms with E-state index in [-0.39, 0.29) is 0 Å². The van der Waals surface area contributed by atoms with Crippen LogP contribution in [0.25, 0.3) is 0 Å². The lowest BCUT2D eigenvalue weighted by Crippen LogP contribution is -2.22. The highest BCUT2D eigenvalue weighted by atomic mass is 15.2. The van der Waals surface area contributed by atoms with Crippen molar-refractivity contribution in [2.45, 2.75) is 59.5 Å². The van der Waals surface area contributed by atoms with E-state index in [1.165, 1.54) is 6.42 Å². The van der Waals surface area contributed by atoms with Crippen LogP contribution in [0.4, 0.5) is 0 Å². The summed E-state index contributed by atoms with van der Waals surface area (Å²) in [7, 11) is 0. The van der Waals surface area contributed by atoms with Crippen molar-refractivity contribution in [2.24, 2.45) is 5.92 Å². The van der Waals surface area contributed by atoms with Gasteiger partial charge in [-0.3, -0.25) is 0 Å². The molecule has 1 fully saturated rings. The zero-order valence-electron chi connectivity index (χ0n) is 8.86. The van der Waals surface area contributed by atoms with Crippen LogP contribution in [0.15, 0.2) is 0 Å². The Morgan fingerprint density at radius 2 is 1.73 bits per heavy atom. The van der Waals surface area contributed by atoms with Crippen LogP contribution in [-0.4, -0.2) is 11.6 Å². The molecule has 2 unspecified atom stereocenters. The second kappa shape index (κ2) is 4.10. The van der Waals surface area contributed by atoms with Gasteiger partial charge in [-0.1, -0.05) is 34.6 Å². The highest BCUT2D eigenvalue weighted by Crippen LogP contribution is 2.36. The summed E-state index contributed by atoms with van der Waals surface area (Å²) in [6.07, 6.45) is 1.27. The molecule has 1 heteroatoms. The molecule has 1 saturated heterocycles. The van der Waals surface area contributed by atoms with Crippen LogP contribution in [0.2, 0.25) is 0 Å². The first kappa shape index (κ1) is 11.0. The van der Waals surface area contributed by atoms with Gasteiger partial charge >= 0.3 is 0 Å². The summed E-state index contributed by atoms with van der Waals surface area (Å²) in [5.41, 5.74) is 0.500. The first-order chi connectivity index (χ1) is 5.13. The summed E-state index contributed by atoms with van der Waals surface area (Å²) >= 11 is 0. The van der Waals surface area contributed by atoms with E-state index in [1.54, 1.807) is 0 Å². The Hall–Kier alpha value is -0.0400. The van der Waals surface area contributed by atoms with Crippen LogP contribution in [0, 0.1) is 5.92 Å². The summed E-state index contributed by atoms with van der Waals surface area (Å²) in [6, 6.07) is 0.752. The van der Waals surface area contributed by atoms with Crippen LogP contribution >= 0.6 is 0 Å². The Bertz CT molecular complexity index is 105. The molecule has 1 aliphatic rings. The van der Waals surface area contributed by atoms with Gasteiger partial charge in [-0.25, -0.2) is 0 Å². The molecular formula is C10H23N. The van der Waals surface area contributed by atoms with Crippen molar-refractivity contribution in [1.82, 2.24) is 5.32 Å². The molecule has 11 heavy (non-hydrogen) atoms. The average molecular weight is 157 g/mol. The van der Waals surface area contributed by atoms with Gasteiger partial charge in [-0.2, -0.15) is 0 Å². The number of hydrogen-bond donors (Lipinski definition) is 1. The second-order valence-corrected chi connectivity index (χ2v) is 3.41. The van der Waals surface area contributed by atoms with E-state index in [2.05, 4.69) is 33.0 Å². The molecule has 1 heterocycles. The molecule has 0 bridgehead atoms. The molecule has 0 aromatic rings. The monoisotopic (exact) mass is 157 g/mol. The van der Waals surface area contributed by atoms with Crippen molar-refractivity contribution < 1.29 is 0 Å². The van der Waals surface area contributed by atoms with Crippen LogP contribution in [0.5, 0.6) is 0 Å². The Kier molecular flexibility index (Phi) is 4.09. The predicted molar refractivity (Wildman–Crippen MR) is 51.8 cm³/mol. The quantitative estimate of drug-likeness (QED) is 0.612. The number of rotatable bonds is 2. The van der Waals surface area contributed by atoms with E-state index in [1.807, 2.05) is 13.8 Å². The van der Waals surface area contributed by atoms with Gasteiger partial charge < -0.3 is 5.32 Å². The minimum Gasteiger partial charge on any atom is -0.305 e. The third kappa shape index (κ3) is 1.96. The number of hydrogen-bond acceptors (Lipinski definition) is 1. The molecule has 1 aliphatic heterocycles. The zero-order chi connectivity index (χ0) is 9.07. The summed E-state index contributed by atoms with van der Waals surface area (Å²) in [5.74, 6) is 0.789. The van der Waals surface area contributed by atoms with Crippen molar-refractivity contribution >= 4 is 0 Å². The second-order valence-electron chi connectivity index (χ2n) is 3.41. The number of nitrogens with one attached hydrogen (secondary N) is 1. The van der Waals surface area contributed by atoms with Crippen molar-refractivity contribution in [2.75, 3.05) is 0 Å².